The number of methoxy groups -OCH3 is 1. The number of rotatable bonds is 5. The van der Waals surface area contributed by atoms with Crippen molar-refractivity contribution < 1.29 is 4.74 Å². The molecular weight excluding hydrogens is 186 g/mol. The second-order valence-corrected chi connectivity index (χ2v) is 4.57. The Kier molecular flexibility index (Phi) is 2.96. The molecule has 0 spiro atoms. The van der Waals surface area contributed by atoms with E-state index in [9.17, 15) is 0 Å². The van der Waals surface area contributed by atoms with Gasteiger partial charge in [0.05, 0.1) is 7.11 Å². The summed E-state index contributed by atoms with van der Waals surface area (Å²) in [6.07, 6.45) is 4.98. The van der Waals surface area contributed by atoms with E-state index in [-0.39, 0.29) is 0 Å². The summed E-state index contributed by atoms with van der Waals surface area (Å²) in [7, 11) is 1.71. The minimum Gasteiger partial charge on any atom is -0.497 e. The quantitative estimate of drug-likeness (QED) is 0.801. The first-order valence-electron chi connectivity index (χ1n) is 5.61. The third kappa shape index (κ3) is 2.51. The maximum absolute atomic E-state index is 5.64. The number of nitrogens with two attached hydrogens (primary N) is 1. The minimum absolute atomic E-state index is 0.515. The van der Waals surface area contributed by atoms with Crippen molar-refractivity contribution in [3.8, 4) is 5.75 Å². The maximum Gasteiger partial charge on any atom is 0.119 e. The fraction of sp³-hybridized carbons (Fsp3) is 0.538. The van der Waals surface area contributed by atoms with E-state index in [1.54, 1.807) is 7.11 Å². The Morgan fingerprint density at radius 1 is 1.40 bits per heavy atom. The van der Waals surface area contributed by atoms with E-state index in [0.717, 1.165) is 25.1 Å². The van der Waals surface area contributed by atoms with Crippen molar-refractivity contribution in [1.82, 2.24) is 0 Å². The van der Waals surface area contributed by atoms with Crippen LogP contribution in [-0.4, -0.2) is 13.7 Å². The molecule has 0 aliphatic heterocycles. The number of hydrogen-bond acceptors (Lipinski definition) is 2. The van der Waals surface area contributed by atoms with Crippen LogP contribution in [0.25, 0.3) is 0 Å². The first-order valence-corrected chi connectivity index (χ1v) is 5.61. The molecule has 0 saturated heterocycles. The van der Waals surface area contributed by atoms with Gasteiger partial charge in [-0.05, 0) is 55.3 Å². The van der Waals surface area contributed by atoms with Gasteiger partial charge in [0.1, 0.15) is 5.75 Å². The standard InChI is InChI=1S/C13H19NO/c1-15-12-4-2-3-11(9-12)10-13(5-6-13)7-8-14/h2-4,9H,5-8,10,14H2,1H3. The Labute approximate surface area is 91.4 Å². The van der Waals surface area contributed by atoms with Crippen LogP contribution in [0, 0.1) is 5.41 Å². The second kappa shape index (κ2) is 4.23. The Morgan fingerprint density at radius 2 is 2.20 bits per heavy atom. The molecule has 0 atom stereocenters. The van der Waals surface area contributed by atoms with E-state index in [4.69, 9.17) is 10.5 Å². The largest absolute Gasteiger partial charge is 0.497 e. The summed E-state index contributed by atoms with van der Waals surface area (Å²) >= 11 is 0. The summed E-state index contributed by atoms with van der Waals surface area (Å²) in [5, 5.41) is 0. The summed E-state index contributed by atoms with van der Waals surface area (Å²) in [5.41, 5.74) is 7.53. The molecule has 2 nitrogen and oxygen atoms in total. The Bertz CT molecular complexity index is 331. The molecule has 0 bridgehead atoms. The summed E-state index contributed by atoms with van der Waals surface area (Å²) in [6.45, 7) is 0.809. The molecule has 1 aromatic rings. The molecule has 1 saturated carbocycles. The van der Waals surface area contributed by atoms with E-state index in [1.807, 2.05) is 6.07 Å². The molecule has 0 aromatic heterocycles. The van der Waals surface area contributed by atoms with E-state index in [1.165, 1.54) is 18.4 Å². The fourth-order valence-corrected chi connectivity index (χ4v) is 2.21. The molecule has 0 amide bonds. The number of hydrogen-bond donors (Lipinski definition) is 1. The lowest BCUT2D eigenvalue weighted by Gasteiger charge is -2.14. The molecule has 2 rings (SSSR count). The SMILES string of the molecule is COc1cccc(CC2(CCN)CC2)c1. The minimum atomic E-state index is 0.515. The van der Waals surface area contributed by atoms with Crippen LogP contribution >= 0.6 is 0 Å². The highest BCUT2D eigenvalue weighted by molar-refractivity contribution is 5.29. The molecule has 82 valence electrons. The number of ether oxygens (including phenoxy) is 1. The Hall–Kier alpha value is -1.02. The van der Waals surface area contributed by atoms with Crippen LogP contribution < -0.4 is 10.5 Å². The van der Waals surface area contributed by atoms with Gasteiger partial charge in [0.25, 0.3) is 0 Å². The molecule has 0 unspecified atom stereocenters. The van der Waals surface area contributed by atoms with E-state index < -0.39 is 0 Å². The van der Waals surface area contributed by atoms with E-state index >= 15 is 0 Å². The van der Waals surface area contributed by atoms with Gasteiger partial charge in [-0.25, -0.2) is 0 Å². The molecule has 1 fully saturated rings. The van der Waals surface area contributed by atoms with Gasteiger partial charge in [0, 0.05) is 0 Å². The van der Waals surface area contributed by atoms with Crippen molar-refractivity contribution >= 4 is 0 Å². The monoisotopic (exact) mass is 205 g/mol. The molecule has 0 heterocycles. The van der Waals surface area contributed by atoms with Crippen LogP contribution in [0.1, 0.15) is 24.8 Å². The predicted molar refractivity (Wildman–Crippen MR) is 62.0 cm³/mol. The van der Waals surface area contributed by atoms with Crippen molar-refractivity contribution in [3.05, 3.63) is 29.8 Å². The predicted octanol–water partition coefficient (Wildman–Crippen LogP) is 2.37. The zero-order valence-corrected chi connectivity index (χ0v) is 9.33. The summed E-state index contributed by atoms with van der Waals surface area (Å²) in [4.78, 5) is 0. The molecule has 1 aliphatic rings. The van der Waals surface area contributed by atoms with Gasteiger partial charge in [-0.1, -0.05) is 12.1 Å². The van der Waals surface area contributed by atoms with Crippen LogP contribution in [0.3, 0.4) is 0 Å². The average molecular weight is 205 g/mol. The summed E-state index contributed by atoms with van der Waals surface area (Å²) < 4.78 is 5.23. The van der Waals surface area contributed by atoms with Crippen molar-refractivity contribution in [3.63, 3.8) is 0 Å². The highest BCUT2D eigenvalue weighted by atomic mass is 16.5. The molecule has 2 heteroatoms. The van der Waals surface area contributed by atoms with Crippen LogP contribution in [0.4, 0.5) is 0 Å². The first kappa shape index (κ1) is 10.5. The van der Waals surface area contributed by atoms with E-state index in [2.05, 4.69) is 18.2 Å². The van der Waals surface area contributed by atoms with Crippen LogP contribution in [0.15, 0.2) is 24.3 Å². The van der Waals surface area contributed by atoms with Gasteiger partial charge in [-0.2, -0.15) is 0 Å². The van der Waals surface area contributed by atoms with E-state index in [0.29, 0.717) is 5.41 Å². The normalized spacial score (nSPS) is 17.5. The second-order valence-electron chi connectivity index (χ2n) is 4.57. The molecule has 15 heavy (non-hydrogen) atoms. The molecule has 1 aliphatic carbocycles. The molecular formula is C13H19NO. The lowest BCUT2D eigenvalue weighted by Crippen LogP contribution is -2.12. The van der Waals surface area contributed by atoms with Crippen molar-refractivity contribution in [2.45, 2.75) is 25.7 Å². The zero-order chi connectivity index (χ0) is 10.7. The van der Waals surface area contributed by atoms with Gasteiger partial charge < -0.3 is 10.5 Å². The lowest BCUT2D eigenvalue weighted by atomic mass is 9.93. The van der Waals surface area contributed by atoms with Crippen LogP contribution in [0.5, 0.6) is 5.75 Å². The average Bonchev–Trinajstić information content (AvgIpc) is 2.99. The highest BCUT2D eigenvalue weighted by Gasteiger charge is 2.41. The van der Waals surface area contributed by atoms with Gasteiger partial charge in [0.2, 0.25) is 0 Å². The van der Waals surface area contributed by atoms with Crippen molar-refractivity contribution in [2.75, 3.05) is 13.7 Å². The van der Waals surface area contributed by atoms with Gasteiger partial charge in [-0.15, -0.1) is 0 Å². The smallest absolute Gasteiger partial charge is 0.119 e. The lowest BCUT2D eigenvalue weighted by molar-refractivity contribution is 0.412. The zero-order valence-electron chi connectivity index (χ0n) is 9.33. The molecule has 0 radical (unpaired) electrons. The van der Waals surface area contributed by atoms with Gasteiger partial charge in [0.15, 0.2) is 0 Å². The fourth-order valence-electron chi connectivity index (χ4n) is 2.21. The highest BCUT2D eigenvalue weighted by Crippen LogP contribution is 2.51. The van der Waals surface area contributed by atoms with Crippen molar-refractivity contribution in [2.24, 2.45) is 11.1 Å². The summed E-state index contributed by atoms with van der Waals surface area (Å²) in [5.74, 6) is 0.955. The maximum atomic E-state index is 5.64. The molecule has 2 N–H and O–H groups in total. The van der Waals surface area contributed by atoms with Crippen LogP contribution in [-0.2, 0) is 6.42 Å². The molecule has 1 aromatic carbocycles. The number of benzene rings is 1. The van der Waals surface area contributed by atoms with Crippen molar-refractivity contribution in [1.29, 1.82) is 0 Å². The third-order valence-corrected chi connectivity index (χ3v) is 3.35. The third-order valence-electron chi connectivity index (χ3n) is 3.35. The van der Waals surface area contributed by atoms with Crippen LogP contribution in [0.2, 0.25) is 0 Å². The topological polar surface area (TPSA) is 35.2 Å². The Morgan fingerprint density at radius 3 is 2.80 bits per heavy atom. The first-order chi connectivity index (χ1) is 7.28. The van der Waals surface area contributed by atoms with Gasteiger partial charge >= 0.3 is 0 Å². The summed E-state index contributed by atoms with van der Waals surface area (Å²) in [6, 6.07) is 8.37. The van der Waals surface area contributed by atoms with Gasteiger partial charge in [-0.3, -0.25) is 0 Å². The Balaban J connectivity index is 2.04.